The van der Waals surface area contributed by atoms with Crippen LogP contribution in [0.5, 0.6) is 5.75 Å². The first kappa shape index (κ1) is 19.0. The van der Waals surface area contributed by atoms with E-state index in [-0.39, 0.29) is 23.5 Å². The number of oxazole rings is 1. The van der Waals surface area contributed by atoms with Crippen LogP contribution in [-0.2, 0) is 4.79 Å². The number of fused-ring (bicyclic) bond motifs is 1. The molecule has 0 saturated heterocycles. The van der Waals surface area contributed by atoms with Crippen LogP contribution in [-0.4, -0.2) is 23.0 Å². The van der Waals surface area contributed by atoms with Gasteiger partial charge in [-0.15, -0.1) is 13.2 Å². The fourth-order valence-corrected chi connectivity index (χ4v) is 3.22. The van der Waals surface area contributed by atoms with E-state index in [9.17, 15) is 18.0 Å². The van der Waals surface area contributed by atoms with Gasteiger partial charge >= 0.3 is 6.36 Å². The predicted molar refractivity (Wildman–Crippen MR) is 99.2 cm³/mol. The molecule has 9 heteroatoms. The average molecular weight is 403 g/mol. The summed E-state index contributed by atoms with van der Waals surface area (Å²) >= 11 is 0. The summed E-state index contributed by atoms with van der Waals surface area (Å²) in [4.78, 5) is 15.9. The topological polar surface area (TPSA) is 76.7 Å². The van der Waals surface area contributed by atoms with Gasteiger partial charge in [0.1, 0.15) is 11.3 Å². The Morgan fingerprint density at radius 2 is 1.90 bits per heavy atom. The van der Waals surface area contributed by atoms with E-state index in [4.69, 9.17) is 4.42 Å². The first-order chi connectivity index (χ1) is 13.8. The Morgan fingerprint density at radius 3 is 2.59 bits per heavy atom. The third-order valence-corrected chi connectivity index (χ3v) is 4.63. The molecule has 0 fully saturated rings. The van der Waals surface area contributed by atoms with E-state index in [2.05, 4.69) is 20.2 Å². The molecule has 3 aromatic rings. The minimum atomic E-state index is -4.74. The number of hydrogen-bond acceptors (Lipinski definition) is 5. The van der Waals surface area contributed by atoms with E-state index in [1.165, 1.54) is 24.3 Å². The molecular formula is C20H16F3N3O3. The number of nitrogens with one attached hydrogen (secondary N) is 1. The highest BCUT2D eigenvalue weighted by molar-refractivity contribution is 6.07. The third kappa shape index (κ3) is 4.08. The number of rotatable bonds is 4. The van der Waals surface area contributed by atoms with Gasteiger partial charge in [0.05, 0.1) is 5.71 Å². The van der Waals surface area contributed by atoms with E-state index >= 15 is 0 Å². The molecule has 2 aromatic carbocycles. The molecular weight excluding hydrogens is 387 g/mol. The summed E-state index contributed by atoms with van der Waals surface area (Å²) in [6, 6.07) is 10.7. The quantitative estimate of drug-likeness (QED) is 0.688. The van der Waals surface area contributed by atoms with Gasteiger partial charge in [-0.2, -0.15) is 5.10 Å². The van der Waals surface area contributed by atoms with E-state index in [0.29, 0.717) is 23.1 Å². The highest BCUT2D eigenvalue weighted by Crippen LogP contribution is 2.29. The second kappa shape index (κ2) is 7.23. The van der Waals surface area contributed by atoms with E-state index in [1.807, 2.05) is 13.0 Å². The van der Waals surface area contributed by atoms with Crippen LogP contribution in [0.25, 0.3) is 22.6 Å². The highest BCUT2D eigenvalue weighted by Gasteiger charge is 2.31. The van der Waals surface area contributed by atoms with Gasteiger partial charge < -0.3 is 9.15 Å². The van der Waals surface area contributed by atoms with Crippen LogP contribution < -0.4 is 10.2 Å². The van der Waals surface area contributed by atoms with Gasteiger partial charge in [-0.3, -0.25) is 4.79 Å². The Balaban J connectivity index is 1.63. The summed E-state index contributed by atoms with van der Waals surface area (Å²) in [6.07, 6.45) is -3.59. The predicted octanol–water partition coefficient (Wildman–Crippen LogP) is 4.64. The first-order valence-electron chi connectivity index (χ1n) is 8.96. The van der Waals surface area contributed by atoms with Crippen molar-refractivity contribution in [2.45, 2.75) is 26.1 Å². The maximum Gasteiger partial charge on any atom is 0.573 e. The van der Waals surface area contributed by atoms with Crippen molar-refractivity contribution in [3.8, 4) is 17.2 Å². The molecule has 0 saturated carbocycles. The first-order valence-corrected chi connectivity index (χ1v) is 8.96. The fourth-order valence-electron chi connectivity index (χ4n) is 3.22. The summed E-state index contributed by atoms with van der Waals surface area (Å²) < 4.78 is 46.5. The van der Waals surface area contributed by atoms with Gasteiger partial charge in [-0.05, 0) is 42.8 Å². The van der Waals surface area contributed by atoms with Crippen LogP contribution in [0, 0.1) is 5.92 Å². The number of halogens is 3. The van der Waals surface area contributed by atoms with E-state index in [1.54, 1.807) is 12.1 Å². The monoisotopic (exact) mass is 403 g/mol. The van der Waals surface area contributed by atoms with Gasteiger partial charge in [0, 0.05) is 23.5 Å². The summed E-state index contributed by atoms with van der Waals surface area (Å²) in [5.74, 6) is -0.129. The van der Waals surface area contributed by atoms with Crippen molar-refractivity contribution < 1.29 is 27.1 Å². The molecule has 4 rings (SSSR count). The molecule has 0 radical (unpaired) electrons. The molecule has 1 aliphatic heterocycles. The van der Waals surface area contributed by atoms with Crippen LogP contribution in [0.4, 0.5) is 13.2 Å². The SMILES string of the molecule is CCC1CC(=O)NN=C1c1ccc2nc(-c3ccc(OC(F)(F)F)cc3)oc2c1. The van der Waals surface area contributed by atoms with Gasteiger partial charge in [-0.25, -0.2) is 10.4 Å². The summed E-state index contributed by atoms with van der Waals surface area (Å²) in [5, 5.41) is 4.19. The second-order valence-corrected chi connectivity index (χ2v) is 6.62. The largest absolute Gasteiger partial charge is 0.573 e. The lowest BCUT2D eigenvalue weighted by Gasteiger charge is -2.21. The Bertz CT molecular complexity index is 1090. The second-order valence-electron chi connectivity index (χ2n) is 6.62. The number of benzene rings is 2. The van der Waals surface area contributed by atoms with Crippen LogP contribution in [0.2, 0.25) is 0 Å². The van der Waals surface area contributed by atoms with Gasteiger partial charge in [0.15, 0.2) is 5.58 Å². The summed E-state index contributed by atoms with van der Waals surface area (Å²) in [7, 11) is 0. The van der Waals surface area contributed by atoms with Crippen LogP contribution in [0.1, 0.15) is 25.3 Å². The standard InChI is InChI=1S/C20H16F3N3O3/c1-2-11-10-17(27)25-26-18(11)13-5-8-15-16(9-13)28-19(24-15)12-3-6-14(7-4-12)29-20(21,22)23/h3-9,11H,2,10H2,1H3,(H,25,27). The number of carbonyl (C=O) groups is 1. The summed E-state index contributed by atoms with van der Waals surface area (Å²) in [5.41, 5.74) is 5.75. The van der Waals surface area contributed by atoms with Crippen molar-refractivity contribution in [1.29, 1.82) is 0 Å². The van der Waals surface area contributed by atoms with E-state index < -0.39 is 6.36 Å². The van der Waals surface area contributed by atoms with Gasteiger partial charge in [0.2, 0.25) is 11.8 Å². The molecule has 1 amide bonds. The number of hydrazone groups is 1. The summed E-state index contributed by atoms with van der Waals surface area (Å²) in [6.45, 7) is 2.00. The van der Waals surface area contributed by atoms with Crippen molar-refractivity contribution in [2.75, 3.05) is 0 Å². The number of carbonyl (C=O) groups excluding carboxylic acids is 1. The lowest BCUT2D eigenvalue weighted by molar-refractivity contribution is -0.274. The fraction of sp³-hybridized carbons (Fsp3) is 0.250. The van der Waals surface area contributed by atoms with Gasteiger partial charge in [0.25, 0.3) is 0 Å². The van der Waals surface area contributed by atoms with Crippen molar-refractivity contribution in [2.24, 2.45) is 11.0 Å². The molecule has 1 unspecified atom stereocenters. The Kier molecular flexibility index (Phi) is 4.73. The Hall–Kier alpha value is -3.36. The van der Waals surface area contributed by atoms with Crippen LogP contribution >= 0.6 is 0 Å². The smallest absolute Gasteiger partial charge is 0.436 e. The molecule has 6 nitrogen and oxygen atoms in total. The minimum absolute atomic E-state index is 0.0183. The Labute approximate surface area is 163 Å². The molecule has 2 heterocycles. The molecule has 1 aliphatic rings. The van der Waals surface area contributed by atoms with Crippen molar-refractivity contribution in [3.05, 3.63) is 48.0 Å². The lowest BCUT2D eigenvalue weighted by Crippen LogP contribution is -2.33. The molecule has 1 aromatic heterocycles. The van der Waals surface area contributed by atoms with Crippen molar-refractivity contribution >= 4 is 22.7 Å². The zero-order valence-corrected chi connectivity index (χ0v) is 15.3. The molecule has 1 atom stereocenters. The molecule has 1 N–H and O–H groups in total. The molecule has 0 aliphatic carbocycles. The molecule has 0 bridgehead atoms. The minimum Gasteiger partial charge on any atom is -0.436 e. The molecule has 29 heavy (non-hydrogen) atoms. The number of alkyl halides is 3. The third-order valence-electron chi connectivity index (χ3n) is 4.63. The highest BCUT2D eigenvalue weighted by atomic mass is 19.4. The van der Waals surface area contributed by atoms with Crippen molar-refractivity contribution in [1.82, 2.24) is 10.4 Å². The number of amides is 1. The molecule has 0 spiro atoms. The molecule has 150 valence electrons. The zero-order valence-electron chi connectivity index (χ0n) is 15.3. The number of aromatic nitrogens is 1. The maximum absolute atomic E-state index is 12.3. The normalized spacial score (nSPS) is 17.2. The van der Waals surface area contributed by atoms with Gasteiger partial charge in [-0.1, -0.05) is 13.0 Å². The Morgan fingerprint density at radius 1 is 1.17 bits per heavy atom. The number of ether oxygens (including phenoxy) is 1. The average Bonchev–Trinajstić information content (AvgIpc) is 3.10. The lowest BCUT2D eigenvalue weighted by atomic mass is 9.90. The maximum atomic E-state index is 12.3. The number of hydrogen-bond donors (Lipinski definition) is 1. The zero-order chi connectivity index (χ0) is 20.6. The van der Waals surface area contributed by atoms with Crippen LogP contribution in [0.3, 0.4) is 0 Å². The number of nitrogens with zero attached hydrogens (tertiary/aromatic N) is 2. The van der Waals surface area contributed by atoms with E-state index in [0.717, 1.165) is 17.7 Å². The van der Waals surface area contributed by atoms with Crippen LogP contribution in [0.15, 0.2) is 52.0 Å². The van der Waals surface area contributed by atoms with Crippen molar-refractivity contribution in [3.63, 3.8) is 0 Å².